The molecule has 0 aromatic heterocycles. The average molecular weight is 274 g/mol. The fourth-order valence-electron chi connectivity index (χ4n) is 1.88. The van der Waals surface area contributed by atoms with Crippen LogP contribution in [0.1, 0.15) is 15.9 Å². The summed E-state index contributed by atoms with van der Waals surface area (Å²) >= 11 is 0. The molecule has 0 spiro atoms. The number of nitrogens with one attached hydrogen (secondary N) is 1. The first-order valence-electron chi connectivity index (χ1n) is 6.18. The number of nitrogen functional groups attached to an aromatic ring is 1. The first-order chi connectivity index (χ1) is 9.58. The van der Waals surface area contributed by atoms with Crippen LogP contribution in [0.5, 0.6) is 0 Å². The number of aromatic carboxylic acids is 1. The molecule has 104 valence electrons. The molecule has 0 atom stereocenters. The Labute approximate surface area is 116 Å². The average Bonchev–Trinajstić information content (AvgIpc) is 2.42. The second-order valence-electron chi connectivity index (χ2n) is 4.38. The molecule has 20 heavy (non-hydrogen) atoms. The van der Waals surface area contributed by atoms with Crippen molar-refractivity contribution in [3.63, 3.8) is 0 Å². The molecule has 0 radical (unpaired) electrons. The Bertz CT molecular complexity index is 629. The molecular weight excluding hydrogens is 259 g/mol. The Balaban J connectivity index is 2.02. The van der Waals surface area contributed by atoms with E-state index in [-0.39, 0.29) is 11.4 Å². The number of carbonyl (C=O) groups is 1. The number of rotatable bonds is 5. The van der Waals surface area contributed by atoms with Gasteiger partial charge in [0.15, 0.2) is 0 Å². The van der Waals surface area contributed by atoms with Crippen LogP contribution in [0.3, 0.4) is 0 Å². The highest BCUT2D eigenvalue weighted by atomic mass is 19.1. The van der Waals surface area contributed by atoms with E-state index in [9.17, 15) is 9.18 Å². The molecular formula is C15H15FN2O2. The number of hydrogen-bond donors (Lipinski definition) is 3. The van der Waals surface area contributed by atoms with Crippen LogP contribution in [0.2, 0.25) is 0 Å². The van der Waals surface area contributed by atoms with Crippen molar-refractivity contribution in [3.8, 4) is 0 Å². The Hall–Kier alpha value is -2.56. The molecule has 0 aliphatic rings. The van der Waals surface area contributed by atoms with Gasteiger partial charge in [-0.1, -0.05) is 18.2 Å². The van der Waals surface area contributed by atoms with Crippen LogP contribution in [-0.2, 0) is 6.42 Å². The molecule has 2 rings (SSSR count). The third-order valence-corrected chi connectivity index (χ3v) is 2.97. The normalized spacial score (nSPS) is 10.2. The van der Waals surface area contributed by atoms with E-state index >= 15 is 0 Å². The number of halogens is 1. The van der Waals surface area contributed by atoms with Crippen LogP contribution in [0.15, 0.2) is 42.5 Å². The molecule has 2 aromatic carbocycles. The highest BCUT2D eigenvalue weighted by Gasteiger charge is 2.07. The lowest BCUT2D eigenvalue weighted by Gasteiger charge is -2.10. The van der Waals surface area contributed by atoms with Crippen LogP contribution in [0, 0.1) is 5.82 Å². The smallest absolute Gasteiger partial charge is 0.335 e. The Kier molecular flexibility index (Phi) is 4.20. The van der Waals surface area contributed by atoms with Gasteiger partial charge in [-0.2, -0.15) is 0 Å². The van der Waals surface area contributed by atoms with Crippen molar-refractivity contribution >= 4 is 17.3 Å². The van der Waals surface area contributed by atoms with Gasteiger partial charge >= 0.3 is 5.97 Å². The third kappa shape index (κ3) is 3.26. The SMILES string of the molecule is Nc1ccc(C(=O)O)cc1NCCc1ccccc1F. The Morgan fingerprint density at radius 3 is 2.70 bits per heavy atom. The van der Waals surface area contributed by atoms with Crippen molar-refractivity contribution in [2.75, 3.05) is 17.6 Å². The van der Waals surface area contributed by atoms with E-state index in [2.05, 4.69) is 5.32 Å². The van der Waals surface area contributed by atoms with Crippen LogP contribution in [0.4, 0.5) is 15.8 Å². The molecule has 0 aliphatic heterocycles. The molecule has 0 aliphatic carbocycles. The molecule has 0 amide bonds. The Morgan fingerprint density at radius 1 is 1.25 bits per heavy atom. The maximum absolute atomic E-state index is 13.4. The number of benzene rings is 2. The van der Waals surface area contributed by atoms with Gasteiger partial charge in [0.25, 0.3) is 0 Å². The molecule has 0 bridgehead atoms. The fourth-order valence-corrected chi connectivity index (χ4v) is 1.88. The second-order valence-corrected chi connectivity index (χ2v) is 4.38. The highest BCUT2D eigenvalue weighted by molar-refractivity contribution is 5.90. The van der Waals surface area contributed by atoms with Crippen molar-refractivity contribution in [1.29, 1.82) is 0 Å². The van der Waals surface area contributed by atoms with E-state index in [1.807, 2.05) is 0 Å². The number of nitrogens with two attached hydrogens (primary N) is 1. The summed E-state index contributed by atoms with van der Waals surface area (Å²) in [5.41, 5.74) is 7.54. The minimum Gasteiger partial charge on any atom is -0.478 e. The van der Waals surface area contributed by atoms with Gasteiger partial charge in [-0.05, 0) is 36.2 Å². The van der Waals surface area contributed by atoms with Gasteiger partial charge in [0.1, 0.15) is 5.82 Å². The van der Waals surface area contributed by atoms with Crippen LogP contribution in [-0.4, -0.2) is 17.6 Å². The van der Waals surface area contributed by atoms with E-state index in [4.69, 9.17) is 10.8 Å². The lowest BCUT2D eigenvalue weighted by atomic mass is 10.1. The largest absolute Gasteiger partial charge is 0.478 e. The molecule has 4 N–H and O–H groups in total. The van der Waals surface area contributed by atoms with Gasteiger partial charge in [-0.25, -0.2) is 9.18 Å². The van der Waals surface area contributed by atoms with E-state index < -0.39 is 5.97 Å². The molecule has 0 saturated heterocycles. The topological polar surface area (TPSA) is 75.4 Å². The first-order valence-corrected chi connectivity index (χ1v) is 6.18. The predicted molar refractivity (Wildman–Crippen MR) is 76.4 cm³/mol. The van der Waals surface area contributed by atoms with Gasteiger partial charge < -0.3 is 16.2 Å². The summed E-state index contributed by atoms with van der Waals surface area (Å²) in [5.74, 6) is -1.26. The fraction of sp³-hybridized carbons (Fsp3) is 0.133. The zero-order valence-corrected chi connectivity index (χ0v) is 10.8. The first kappa shape index (κ1) is 13.9. The van der Waals surface area contributed by atoms with Crippen molar-refractivity contribution in [3.05, 3.63) is 59.4 Å². The van der Waals surface area contributed by atoms with Crippen molar-refractivity contribution < 1.29 is 14.3 Å². The van der Waals surface area contributed by atoms with Crippen molar-refractivity contribution in [2.24, 2.45) is 0 Å². The summed E-state index contributed by atoms with van der Waals surface area (Å²) in [6.45, 7) is 0.466. The van der Waals surface area contributed by atoms with Crippen LogP contribution < -0.4 is 11.1 Å². The molecule has 0 heterocycles. The molecule has 0 fully saturated rings. The lowest BCUT2D eigenvalue weighted by Crippen LogP contribution is -2.09. The number of hydrogen-bond acceptors (Lipinski definition) is 3. The van der Waals surface area contributed by atoms with E-state index in [1.165, 1.54) is 24.3 Å². The number of carboxylic acid groups (broad SMARTS) is 1. The summed E-state index contributed by atoms with van der Waals surface area (Å²) in [6, 6.07) is 11.0. The molecule has 2 aromatic rings. The van der Waals surface area contributed by atoms with E-state index in [0.29, 0.717) is 29.9 Å². The molecule has 0 unspecified atom stereocenters. The monoisotopic (exact) mass is 274 g/mol. The predicted octanol–water partition coefficient (Wildman–Crippen LogP) is 2.76. The van der Waals surface area contributed by atoms with Crippen molar-refractivity contribution in [1.82, 2.24) is 0 Å². The minimum atomic E-state index is -1.01. The summed E-state index contributed by atoms with van der Waals surface area (Å²) in [7, 11) is 0. The number of anilines is 2. The third-order valence-electron chi connectivity index (χ3n) is 2.97. The minimum absolute atomic E-state index is 0.160. The molecule has 0 saturated carbocycles. The van der Waals surface area contributed by atoms with Crippen molar-refractivity contribution in [2.45, 2.75) is 6.42 Å². The Morgan fingerprint density at radius 2 is 2.00 bits per heavy atom. The zero-order valence-electron chi connectivity index (χ0n) is 10.8. The molecule has 4 nitrogen and oxygen atoms in total. The van der Waals surface area contributed by atoms with Gasteiger partial charge in [0.2, 0.25) is 0 Å². The van der Waals surface area contributed by atoms with Gasteiger partial charge in [-0.3, -0.25) is 0 Å². The van der Waals surface area contributed by atoms with E-state index in [1.54, 1.807) is 18.2 Å². The van der Waals surface area contributed by atoms with Crippen LogP contribution in [0.25, 0.3) is 0 Å². The number of carboxylic acids is 1. The summed E-state index contributed by atoms with van der Waals surface area (Å²) in [4.78, 5) is 10.9. The van der Waals surface area contributed by atoms with Gasteiger partial charge in [0, 0.05) is 6.54 Å². The quantitative estimate of drug-likeness (QED) is 0.733. The van der Waals surface area contributed by atoms with Crippen LogP contribution >= 0.6 is 0 Å². The standard InChI is InChI=1S/C15H15FN2O2/c16-12-4-2-1-3-10(12)7-8-18-14-9-11(15(19)20)5-6-13(14)17/h1-6,9,18H,7-8,17H2,(H,19,20). The van der Waals surface area contributed by atoms with E-state index in [0.717, 1.165) is 0 Å². The second kappa shape index (κ2) is 6.06. The maximum atomic E-state index is 13.4. The maximum Gasteiger partial charge on any atom is 0.335 e. The highest BCUT2D eigenvalue weighted by Crippen LogP contribution is 2.20. The van der Waals surface area contributed by atoms with Gasteiger partial charge in [-0.15, -0.1) is 0 Å². The molecule has 5 heteroatoms. The summed E-state index contributed by atoms with van der Waals surface area (Å²) in [5, 5.41) is 12.0. The summed E-state index contributed by atoms with van der Waals surface area (Å²) < 4.78 is 13.4. The lowest BCUT2D eigenvalue weighted by molar-refractivity contribution is 0.0697. The summed E-state index contributed by atoms with van der Waals surface area (Å²) in [6.07, 6.45) is 0.489. The zero-order chi connectivity index (χ0) is 14.5. The van der Waals surface area contributed by atoms with Gasteiger partial charge in [0.05, 0.1) is 16.9 Å².